The Morgan fingerprint density at radius 2 is 2.27 bits per heavy atom. The van der Waals surface area contributed by atoms with Crippen molar-refractivity contribution in [1.29, 1.82) is 0 Å². The molecule has 0 radical (unpaired) electrons. The summed E-state index contributed by atoms with van der Waals surface area (Å²) in [6.07, 6.45) is 6.58. The first-order valence-electron chi connectivity index (χ1n) is 4.49. The van der Waals surface area contributed by atoms with E-state index in [1.807, 2.05) is 6.08 Å². The van der Waals surface area contributed by atoms with Crippen molar-refractivity contribution < 1.29 is 4.79 Å². The van der Waals surface area contributed by atoms with Crippen molar-refractivity contribution in [3.63, 3.8) is 0 Å². The van der Waals surface area contributed by atoms with Crippen molar-refractivity contribution >= 4 is 5.78 Å². The fourth-order valence-corrected chi connectivity index (χ4v) is 2.58. The van der Waals surface area contributed by atoms with Crippen molar-refractivity contribution in [2.24, 2.45) is 17.8 Å². The number of carbonyl (C=O) groups is 1. The lowest BCUT2D eigenvalue weighted by molar-refractivity contribution is -0.125. The van der Waals surface area contributed by atoms with Gasteiger partial charge in [-0.25, -0.2) is 0 Å². The van der Waals surface area contributed by atoms with Crippen LogP contribution >= 0.6 is 0 Å². The van der Waals surface area contributed by atoms with Crippen LogP contribution in [0.4, 0.5) is 0 Å². The zero-order valence-corrected chi connectivity index (χ0v) is 6.75. The number of hydrogen-bond acceptors (Lipinski definition) is 1. The predicted octanol–water partition coefficient (Wildman–Crippen LogP) is 2.18. The van der Waals surface area contributed by atoms with Gasteiger partial charge in [-0.3, -0.25) is 4.79 Å². The Hall–Kier alpha value is -0.590. The van der Waals surface area contributed by atoms with Gasteiger partial charge in [0.1, 0.15) is 5.78 Å². The number of ketones is 1. The quantitative estimate of drug-likeness (QED) is 0.523. The van der Waals surface area contributed by atoms with Crippen LogP contribution in [-0.4, -0.2) is 5.78 Å². The van der Waals surface area contributed by atoms with E-state index in [0.717, 1.165) is 19.3 Å². The summed E-state index contributed by atoms with van der Waals surface area (Å²) in [5.74, 6) is 1.79. The lowest BCUT2D eigenvalue weighted by Gasteiger charge is -2.17. The van der Waals surface area contributed by atoms with Gasteiger partial charge in [0.25, 0.3) is 0 Å². The zero-order valence-electron chi connectivity index (χ0n) is 6.75. The second kappa shape index (κ2) is 2.47. The number of rotatable bonds is 1. The SMILES string of the molecule is C=C[C@@H]1C[C@H]2CCC[C@H]1C2=O. The maximum atomic E-state index is 11.5. The molecule has 2 saturated carbocycles. The van der Waals surface area contributed by atoms with Crippen LogP contribution in [0.2, 0.25) is 0 Å². The molecule has 0 spiro atoms. The van der Waals surface area contributed by atoms with Crippen LogP contribution in [0.3, 0.4) is 0 Å². The topological polar surface area (TPSA) is 17.1 Å². The Balaban J connectivity index is 2.22. The van der Waals surface area contributed by atoms with Crippen LogP contribution in [-0.2, 0) is 4.79 Å². The number of hydrogen-bond donors (Lipinski definition) is 0. The molecule has 0 N–H and O–H groups in total. The monoisotopic (exact) mass is 150 g/mol. The molecule has 2 fully saturated rings. The minimum absolute atomic E-state index is 0.353. The molecule has 1 nitrogen and oxygen atoms in total. The minimum Gasteiger partial charge on any atom is -0.299 e. The predicted molar refractivity (Wildman–Crippen MR) is 44.1 cm³/mol. The van der Waals surface area contributed by atoms with E-state index in [1.165, 1.54) is 6.42 Å². The van der Waals surface area contributed by atoms with E-state index in [2.05, 4.69) is 6.58 Å². The second-order valence-electron chi connectivity index (χ2n) is 3.77. The third kappa shape index (κ3) is 0.943. The number of carbonyl (C=O) groups excluding carboxylic acids is 1. The molecule has 0 aromatic rings. The molecule has 0 aromatic carbocycles. The van der Waals surface area contributed by atoms with Gasteiger partial charge >= 0.3 is 0 Å². The Bertz CT molecular complexity index is 195. The molecule has 2 rings (SSSR count). The molecule has 0 unspecified atom stereocenters. The largest absolute Gasteiger partial charge is 0.299 e. The maximum absolute atomic E-state index is 11.5. The standard InChI is InChI=1S/C10H14O/c1-2-7-6-8-4-3-5-9(7)10(8)11/h2,7-9H,1,3-6H2/t7-,8-,9-/m1/s1. The number of allylic oxidation sites excluding steroid dienone is 1. The molecule has 60 valence electrons. The Kier molecular flexibility index (Phi) is 1.59. The summed E-state index contributed by atoms with van der Waals surface area (Å²) < 4.78 is 0. The summed E-state index contributed by atoms with van der Waals surface area (Å²) in [7, 11) is 0. The first-order chi connectivity index (χ1) is 5.33. The third-order valence-corrected chi connectivity index (χ3v) is 3.21. The lowest BCUT2D eigenvalue weighted by atomic mass is 9.86. The van der Waals surface area contributed by atoms with Crippen LogP contribution < -0.4 is 0 Å². The normalized spacial score (nSPS) is 42.5. The molecule has 0 saturated heterocycles. The molecule has 0 aromatic heterocycles. The van der Waals surface area contributed by atoms with E-state index < -0.39 is 0 Å². The molecule has 0 aliphatic heterocycles. The zero-order chi connectivity index (χ0) is 7.84. The van der Waals surface area contributed by atoms with E-state index in [4.69, 9.17) is 0 Å². The average Bonchev–Trinajstić information content (AvgIpc) is 2.23. The summed E-state index contributed by atoms with van der Waals surface area (Å²) in [5.41, 5.74) is 0. The third-order valence-electron chi connectivity index (χ3n) is 3.21. The molecule has 2 aliphatic rings. The first kappa shape index (κ1) is 7.08. The highest BCUT2D eigenvalue weighted by molar-refractivity contribution is 5.86. The van der Waals surface area contributed by atoms with E-state index in [-0.39, 0.29) is 0 Å². The maximum Gasteiger partial charge on any atom is 0.139 e. The fourth-order valence-electron chi connectivity index (χ4n) is 2.58. The highest BCUT2D eigenvalue weighted by Crippen LogP contribution is 2.43. The molecule has 2 bridgehead atoms. The van der Waals surface area contributed by atoms with Gasteiger partial charge in [0.15, 0.2) is 0 Å². The highest BCUT2D eigenvalue weighted by atomic mass is 16.1. The van der Waals surface area contributed by atoms with Crippen molar-refractivity contribution in [2.45, 2.75) is 25.7 Å². The van der Waals surface area contributed by atoms with Gasteiger partial charge in [-0.2, -0.15) is 0 Å². The van der Waals surface area contributed by atoms with Gasteiger partial charge in [0.05, 0.1) is 0 Å². The van der Waals surface area contributed by atoms with E-state index in [9.17, 15) is 4.79 Å². The van der Waals surface area contributed by atoms with Crippen molar-refractivity contribution in [1.82, 2.24) is 0 Å². The molecule has 11 heavy (non-hydrogen) atoms. The van der Waals surface area contributed by atoms with Crippen LogP contribution in [0.1, 0.15) is 25.7 Å². The Labute approximate surface area is 67.5 Å². The molecule has 3 atom stereocenters. The smallest absolute Gasteiger partial charge is 0.139 e. The summed E-state index contributed by atoms with van der Waals surface area (Å²) >= 11 is 0. The van der Waals surface area contributed by atoms with Gasteiger partial charge in [0.2, 0.25) is 0 Å². The van der Waals surface area contributed by atoms with Crippen LogP contribution in [0, 0.1) is 17.8 Å². The fraction of sp³-hybridized carbons (Fsp3) is 0.700. The second-order valence-corrected chi connectivity index (χ2v) is 3.77. The molecular formula is C10H14O. The van der Waals surface area contributed by atoms with E-state index in [0.29, 0.717) is 23.5 Å². The highest BCUT2D eigenvalue weighted by Gasteiger charge is 2.42. The number of Topliss-reactive ketones (excluding diaryl/α,β-unsaturated/α-hetero) is 1. The van der Waals surface area contributed by atoms with Gasteiger partial charge in [-0.15, -0.1) is 6.58 Å². The summed E-state index contributed by atoms with van der Waals surface area (Å²) in [5, 5.41) is 0. The first-order valence-corrected chi connectivity index (χ1v) is 4.49. The van der Waals surface area contributed by atoms with Gasteiger partial charge in [0, 0.05) is 11.8 Å². The van der Waals surface area contributed by atoms with E-state index >= 15 is 0 Å². The van der Waals surface area contributed by atoms with Crippen LogP contribution in [0.25, 0.3) is 0 Å². The van der Waals surface area contributed by atoms with Crippen LogP contribution in [0.15, 0.2) is 12.7 Å². The molecule has 0 heterocycles. The summed E-state index contributed by atoms with van der Waals surface area (Å²) in [6.45, 7) is 3.79. The summed E-state index contributed by atoms with van der Waals surface area (Å²) in [4.78, 5) is 11.5. The van der Waals surface area contributed by atoms with Crippen LogP contribution in [0.5, 0.6) is 0 Å². The van der Waals surface area contributed by atoms with E-state index in [1.54, 1.807) is 0 Å². The van der Waals surface area contributed by atoms with Gasteiger partial charge < -0.3 is 0 Å². The number of fused-ring (bicyclic) bond motifs is 2. The van der Waals surface area contributed by atoms with Gasteiger partial charge in [-0.1, -0.05) is 12.5 Å². The van der Waals surface area contributed by atoms with Crippen molar-refractivity contribution in [3.8, 4) is 0 Å². The Morgan fingerprint density at radius 3 is 2.91 bits per heavy atom. The average molecular weight is 150 g/mol. The van der Waals surface area contributed by atoms with Crippen molar-refractivity contribution in [2.75, 3.05) is 0 Å². The van der Waals surface area contributed by atoms with Gasteiger partial charge in [-0.05, 0) is 25.2 Å². The molecular weight excluding hydrogens is 136 g/mol. The van der Waals surface area contributed by atoms with Crippen molar-refractivity contribution in [3.05, 3.63) is 12.7 Å². The minimum atomic E-state index is 0.353. The molecule has 0 amide bonds. The lowest BCUT2D eigenvalue weighted by Crippen LogP contribution is -2.20. The molecule has 1 heteroatoms. The molecule has 2 aliphatic carbocycles. The summed E-state index contributed by atoms with van der Waals surface area (Å²) in [6, 6.07) is 0. The Morgan fingerprint density at radius 1 is 1.45 bits per heavy atom.